The molecule has 0 N–H and O–H groups in total. The van der Waals surface area contributed by atoms with Crippen LogP contribution in [0.2, 0.25) is 0 Å². The number of carbonyl (C=O) groups excluding carboxylic acids is 2. The monoisotopic (exact) mass is 325 g/mol. The Bertz CT molecular complexity index is 773. The van der Waals surface area contributed by atoms with E-state index in [0.29, 0.717) is 6.54 Å². The molecule has 24 heavy (non-hydrogen) atoms. The van der Waals surface area contributed by atoms with Gasteiger partial charge in [0, 0.05) is 18.7 Å². The third-order valence-corrected chi connectivity index (χ3v) is 3.76. The maximum atomic E-state index is 12.4. The first kappa shape index (κ1) is 15.8. The van der Waals surface area contributed by atoms with Crippen LogP contribution < -0.4 is 4.90 Å². The van der Waals surface area contributed by atoms with Gasteiger partial charge < -0.3 is 0 Å². The van der Waals surface area contributed by atoms with Crippen LogP contribution in [-0.2, 0) is 16.1 Å². The lowest BCUT2D eigenvalue weighted by atomic mass is 10.1. The zero-order chi connectivity index (χ0) is 17.1. The fourth-order valence-corrected chi connectivity index (χ4v) is 2.71. The Kier molecular flexibility index (Phi) is 4.35. The number of nitro groups is 1. The van der Waals surface area contributed by atoms with Crippen LogP contribution in [-0.4, -0.2) is 34.7 Å². The summed E-state index contributed by atoms with van der Waals surface area (Å²) >= 11 is 0. The van der Waals surface area contributed by atoms with Gasteiger partial charge in [-0.25, -0.2) is 4.90 Å². The maximum Gasteiger partial charge on any atom is 0.271 e. The van der Waals surface area contributed by atoms with Gasteiger partial charge in [-0.05, 0) is 11.6 Å². The molecule has 0 aromatic heterocycles. The third-order valence-electron chi connectivity index (χ3n) is 3.76. The lowest BCUT2D eigenvalue weighted by Crippen LogP contribution is -2.53. The van der Waals surface area contributed by atoms with Crippen molar-refractivity contribution in [3.8, 4) is 0 Å². The number of benzene rings is 2. The van der Waals surface area contributed by atoms with E-state index in [0.717, 1.165) is 10.5 Å². The topological polar surface area (TPSA) is 83.8 Å². The molecule has 7 nitrogen and oxygen atoms in total. The van der Waals surface area contributed by atoms with Gasteiger partial charge in [0.15, 0.2) is 0 Å². The Morgan fingerprint density at radius 1 is 0.958 bits per heavy atom. The summed E-state index contributed by atoms with van der Waals surface area (Å²) in [5.74, 6) is -0.773. The van der Waals surface area contributed by atoms with Gasteiger partial charge in [-0.3, -0.25) is 24.6 Å². The van der Waals surface area contributed by atoms with Crippen molar-refractivity contribution in [2.45, 2.75) is 6.54 Å². The van der Waals surface area contributed by atoms with Crippen molar-refractivity contribution in [2.75, 3.05) is 18.0 Å². The fraction of sp³-hybridized carbons (Fsp3) is 0.176. The number of non-ortho nitro benzene ring substituents is 1. The first-order chi connectivity index (χ1) is 11.5. The van der Waals surface area contributed by atoms with Gasteiger partial charge in [0.2, 0.25) is 11.8 Å². The van der Waals surface area contributed by atoms with Crippen LogP contribution in [0.5, 0.6) is 0 Å². The van der Waals surface area contributed by atoms with E-state index in [9.17, 15) is 19.7 Å². The van der Waals surface area contributed by atoms with E-state index < -0.39 is 4.92 Å². The van der Waals surface area contributed by atoms with Gasteiger partial charge in [0.25, 0.3) is 5.69 Å². The van der Waals surface area contributed by atoms with Gasteiger partial charge >= 0.3 is 0 Å². The van der Waals surface area contributed by atoms with E-state index in [2.05, 4.69) is 0 Å². The van der Waals surface area contributed by atoms with Gasteiger partial charge in [0.1, 0.15) is 0 Å². The average Bonchev–Trinajstić information content (AvgIpc) is 2.55. The standard InChI is InChI=1S/C17H15N3O4/c21-16-11-18(10-13-5-2-1-3-6-13)12-17(22)19(16)14-7-4-8-15(9-14)20(23)24/h1-9H,10-12H2. The molecule has 0 aliphatic carbocycles. The predicted molar refractivity (Wildman–Crippen MR) is 87.3 cm³/mol. The number of hydrogen-bond donors (Lipinski definition) is 0. The second-order valence-electron chi connectivity index (χ2n) is 5.53. The molecule has 1 aliphatic rings. The van der Waals surface area contributed by atoms with E-state index in [1.165, 1.54) is 24.3 Å². The first-order valence-electron chi connectivity index (χ1n) is 7.41. The highest BCUT2D eigenvalue weighted by Crippen LogP contribution is 2.23. The Morgan fingerprint density at radius 2 is 1.62 bits per heavy atom. The Hall–Kier alpha value is -3.06. The number of piperazine rings is 1. The van der Waals surface area contributed by atoms with Crippen molar-refractivity contribution in [2.24, 2.45) is 0 Å². The summed E-state index contributed by atoms with van der Waals surface area (Å²) in [7, 11) is 0. The molecule has 3 rings (SSSR count). The highest BCUT2D eigenvalue weighted by Gasteiger charge is 2.32. The van der Waals surface area contributed by atoms with Crippen molar-refractivity contribution in [3.63, 3.8) is 0 Å². The van der Waals surface area contributed by atoms with Crippen molar-refractivity contribution >= 4 is 23.2 Å². The number of anilines is 1. The lowest BCUT2D eigenvalue weighted by molar-refractivity contribution is -0.384. The SMILES string of the molecule is O=C1CN(Cc2ccccc2)CC(=O)N1c1cccc([N+](=O)[O-])c1. The Morgan fingerprint density at radius 3 is 2.25 bits per heavy atom. The van der Waals surface area contributed by atoms with E-state index in [-0.39, 0.29) is 36.3 Å². The summed E-state index contributed by atoms with van der Waals surface area (Å²) in [5, 5.41) is 10.9. The molecule has 1 aliphatic heterocycles. The van der Waals surface area contributed by atoms with Crippen LogP contribution in [0.25, 0.3) is 0 Å². The number of nitrogens with zero attached hydrogens (tertiary/aromatic N) is 3. The van der Waals surface area contributed by atoms with Gasteiger partial charge in [-0.1, -0.05) is 36.4 Å². The molecule has 2 amide bonds. The van der Waals surface area contributed by atoms with E-state index in [4.69, 9.17) is 0 Å². The normalized spacial score (nSPS) is 15.6. The molecule has 0 bridgehead atoms. The molecule has 122 valence electrons. The number of hydrogen-bond acceptors (Lipinski definition) is 5. The van der Waals surface area contributed by atoms with Crippen LogP contribution in [0.3, 0.4) is 0 Å². The fourth-order valence-electron chi connectivity index (χ4n) is 2.71. The number of carbonyl (C=O) groups is 2. The summed E-state index contributed by atoms with van der Waals surface area (Å²) in [6, 6.07) is 15.1. The van der Waals surface area contributed by atoms with Crippen molar-refractivity contribution in [1.82, 2.24) is 4.90 Å². The molecule has 2 aromatic rings. The smallest absolute Gasteiger partial charge is 0.271 e. The average molecular weight is 325 g/mol. The summed E-state index contributed by atoms with van der Waals surface area (Å²) in [5.41, 5.74) is 1.10. The van der Waals surface area contributed by atoms with E-state index >= 15 is 0 Å². The maximum absolute atomic E-state index is 12.4. The van der Waals surface area contributed by atoms with Gasteiger partial charge in [-0.15, -0.1) is 0 Å². The number of amides is 2. The summed E-state index contributed by atoms with van der Waals surface area (Å²) in [6.07, 6.45) is 0. The van der Waals surface area contributed by atoms with Crippen molar-refractivity contribution in [3.05, 3.63) is 70.3 Å². The molecule has 1 heterocycles. The highest BCUT2D eigenvalue weighted by molar-refractivity contribution is 6.17. The Labute approximate surface area is 138 Å². The zero-order valence-electron chi connectivity index (χ0n) is 12.8. The molecule has 0 atom stereocenters. The van der Waals surface area contributed by atoms with Crippen LogP contribution in [0.15, 0.2) is 54.6 Å². The van der Waals surface area contributed by atoms with Crippen LogP contribution in [0.4, 0.5) is 11.4 Å². The van der Waals surface area contributed by atoms with Crippen molar-refractivity contribution in [1.29, 1.82) is 0 Å². The van der Waals surface area contributed by atoms with Crippen molar-refractivity contribution < 1.29 is 14.5 Å². The molecule has 0 saturated carbocycles. The molecule has 0 unspecified atom stereocenters. The minimum absolute atomic E-state index is 0.0866. The third kappa shape index (κ3) is 3.31. The molecular formula is C17H15N3O4. The summed E-state index contributed by atoms with van der Waals surface area (Å²) in [6.45, 7) is 0.674. The van der Waals surface area contributed by atoms with Gasteiger partial charge in [-0.2, -0.15) is 0 Å². The molecule has 1 saturated heterocycles. The largest absolute Gasteiger partial charge is 0.281 e. The molecule has 0 spiro atoms. The number of rotatable bonds is 4. The predicted octanol–water partition coefficient (Wildman–Crippen LogP) is 1.97. The minimum Gasteiger partial charge on any atom is -0.281 e. The Balaban J connectivity index is 1.77. The zero-order valence-corrected chi connectivity index (χ0v) is 12.8. The van der Waals surface area contributed by atoms with Crippen LogP contribution in [0, 0.1) is 10.1 Å². The molecular weight excluding hydrogens is 310 g/mol. The summed E-state index contributed by atoms with van der Waals surface area (Å²) < 4.78 is 0. The number of imide groups is 1. The highest BCUT2D eigenvalue weighted by atomic mass is 16.6. The van der Waals surface area contributed by atoms with Gasteiger partial charge in [0.05, 0.1) is 23.7 Å². The minimum atomic E-state index is -0.551. The van der Waals surface area contributed by atoms with E-state index in [1.54, 1.807) is 4.90 Å². The molecule has 7 heteroatoms. The van der Waals surface area contributed by atoms with E-state index in [1.807, 2.05) is 30.3 Å². The second kappa shape index (κ2) is 6.59. The van der Waals surface area contributed by atoms with Crippen LogP contribution in [0.1, 0.15) is 5.56 Å². The molecule has 1 fully saturated rings. The number of nitro benzene ring substituents is 1. The second-order valence-corrected chi connectivity index (χ2v) is 5.53. The lowest BCUT2D eigenvalue weighted by Gasteiger charge is -2.32. The van der Waals surface area contributed by atoms with Crippen LogP contribution >= 0.6 is 0 Å². The molecule has 2 aromatic carbocycles. The first-order valence-corrected chi connectivity index (χ1v) is 7.41. The summed E-state index contributed by atoms with van der Waals surface area (Å²) in [4.78, 5) is 37.9. The molecule has 0 radical (unpaired) electrons. The quantitative estimate of drug-likeness (QED) is 0.487.